The Morgan fingerprint density at radius 2 is 2.07 bits per heavy atom. The predicted molar refractivity (Wildman–Crippen MR) is 56.1 cm³/mol. The zero-order chi connectivity index (χ0) is 10.3. The molecule has 0 fully saturated rings. The highest BCUT2D eigenvalue weighted by molar-refractivity contribution is 9.10. The van der Waals surface area contributed by atoms with E-state index < -0.39 is 6.43 Å². The van der Waals surface area contributed by atoms with Crippen molar-refractivity contribution < 1.29 is 13.9 Å². The van der Waals surface area contributed by atoms with Crippen LogP contribution in [0.3, 0.4) is 0 Å². The lowest BCUT2D eigenvalue weighted by molar-refractivity contribution is 0.152. The van der Waals surface area contributed by atoms with Crippen molar-refractivity contribution in [1.29, 1.82) is 0 Å². The summed E-state index contributed by atoms with van der Waals surface area (Å²) in [4.78, 5) is 0. The van der Waals surface area contributed by atoms with Crippen molar-refractivity contribution in [3.8, 4) is 5.75 Å². The van der Waals surface area contributed by atoms with Crippen molar-refractivity contribution in [3.63, 3.8) is 0 Å². The van der Waals surface area contributed by atoms with Crippen molar-refractivity contribution in [3.05, 3.63) is 27.5 Å². The molecule has 74 valence electrons. The van der Waals surface area contributed by atoms with Gasteiger partial charge in [-0.2, -0.15) is 0 Å². The third kappa shape index (κ3) is 1.40. The number of rotatable bonds is 1. The van der Waals surface area contributed by atoms with E-state index in [0.717, 1.165) is 11.3 Å². The Labute approximate surface area is 91.1 Å². The molecule has 0 aliphatic carbocycles. The third-order valence-electron chi connectivity index (χ3n) is 1.93. The molecule has 1 nitrogen and oxygen atoms in total. The maximum atomic E-state index is 12.7. The number of hydrogen-bond donors (Lipinski definition) is 1. The van der Waals surface area contributed by atoms with E-state index in [0.29, 0.717) is 14.6 Å². The number of thiophene rings is 1. The summed E-state index contributed by atoms with van der Waals surface area (Å²) >= 11 is 4.20. The summed E-state index contributed by atoms with van der Waals surface area (Å²) in [6.07, 6.45) is -2.54. The quantitative estimate of drug-likeness (QED) is 0.824. The highest BCUT2D eigenvalue weighted by Gasteiger charge is 2.18. The molecule has 1 heterocycles. The van der Waals surface area contributed by atoms with Crippen LogP contribution < -0.4 is 0 Å². The molecule has 0 aliphatic rings. The van der Waals surface area contributed by atoms with E-state index in [-0.39, 0.29) is 11.3 Å². The number of hydrogen-bond acceptors (Lipinski definition) is 2. The van der Waals surface area contributed by atoms with Crippen LogP contribution in [0.2, 0.25) is 0 Å². The first-order valence-corrected chi connectivity index (χ1v) is 5.45. The summed E-state index contributed by atoms with van der Waals surface area (Å²) in [6, 6.07) is 3.15. The van der Waals surface area contributed by atoms with Gasteiger partial charge in [-0.3, -0.25) is 0 Å². The second-order valence-corrected chi connectivity index (χ2v) is 4.49. The third-order valence-corrected chi connectivity index (χ3v) is 3.63. The van der Waals surface area contributed by atoms with Crippen LogP contribution in [0.15, 0.2) is 22.0 Å². The van der Waals surface area contributed by atoms with E-state index in [4.69, 9.17) is 0 Å². The molecule has 0 atom stereocenters. The minimum atomic E-state index is -2.54. The van der Waals surface area contributed by atoms with Crippen LogP contribution in [0.4, 0.5) is 8.78 Å². The molecule has 0 amide bonds. The SMILES string of the molecule is Oc1csc2c(C(F)F)c(Br)ccc12. The van der Waals surface area contributed by atoms with Gasteiger partial charge in [0, 0.05) is 25.5 Å². The molecule has 14 heavy (non-hydrogen) atoms. The van der Waals surface area contributed by atoms with E-state index in [2.05, 4.69) is 15.9 Å². The van der Waals surface area contributed by atoms with Crippen molar-refractivity contribution in [2.24, 2.45) is 0 Å². The van der Waals surface area contributed by atoms with Crippen LogP contribution in [0.5, 0.6) is 5.75 Å². The zero-order valence-electron chi connectivity index (χ0n) is 6.80. The Kier molecular flexibility index (Phi) is 2.45. The topological polar surface area (TPSA) is 20.2 Å². The summed E-state index contributed by atoms with van der Waals surface area (Å²) in [7, 11) is 0. The fourth-order valence-corrected chi connectivity index (χ4v) is 2.90. The van der Waals surface area contributed by atoms with Gasteiger partial charge in [0.1, 0.15) is 5.75 Å². The summed E-state index contributed by atoms with van der Waals surface area (Å²) in [5, 5.41) is 11.3. The van der Waals surface area contributed by atoms with E-state index in [1.165, 1.54) is 11.4 Å². The molecule has 1 aromatic heterocycles. The molecule has 0 bridgehead atoms. The number of benzene rings is 1. The molecular formula is C9H5BrF2OS. The largest absolute Gasteiger partial charge is 0.506 e. The Bertz CT molecular complexity index is 481. The van der Waals surface area contributed by atoms with Gasteiger partial charge < -0.3 is 5.11 Å². The molecule has 0 saturated heterocycles. The summed E-state index contributed by atoms with van der Waals surface area (Å²) in [6.45, 7) is 0. The van der Waals surface area contributed by atoms with Gasteiger partial charge in [-0.1, -0.05) is 15.9 Å². The van der Waals surface area contributed by atoms with Gasteiger partial charge >= 0.3 is 0 Å². The maximum Gasteiger partial charge on any atom is 0.266 e. The van der Waals surface area contributed by atoms with E-state index in [1.54, 1.807) is 6.07 Å². The predicted octanol–water partition coefficient (Wildman–Crippen LogP) is 4.31. The molecule has 1 aromatic carbocycles. The van der Waals surface area contributed by atoms with Gasteiger partial charge in [-0.25, -0.2) is 8.78 Å². The summed E-state index contributed by atoms with van der Waals surface area (Å²) < 4.78 is 26.1. The smallest absolute Gasteiger partial charge is 0.266 e. The lowest BCUT2D eigenvalue weighted by atomic mass is 10.1. The van der Waals surface area contributed by atoms with Crippen molar-refractivity contribution >= 4 is 37.4 Å². The highest BCUT2D eigenvalue weighted by atomic mass is 79.9. The van der Waals surface area contributed by atoms with E-state index >= 15 is 0 Å². The first-order chi connectivity index (χ1) is 6.61. The van der Waals surface area contributed by atoms with Crippen LogP contribution in [-0.4, -0.2) is 5.11 Å². The molecule has 0 spiro atoms. The number of aromatic hydroxyl groups is 1. The van der Waals surface area contributed by atoms with Crippen LogP contribution in [0, 0.1) is 0 Å². The second-order valence-electron chi connectivity index (χ2n) is 2.76. The monoisotopic (exact) mass is 278 g/mol. The molecule has 2 rings (SSSR count). The van der Waals surface area contributed by atoms with E-state index in [1.807, 2.05) is 0 Å². The molecule has 1 N–H and O–H groups in total. The second kappa shape index (κ2) is 3.47. The molecule has 5 heteroatoms. The minimum Gasteiger partial charge on any atom is -0.506 e. The summed E-state index contributed by atoms with van der Waals surface area (Å²) in [5.41, 5.74) is -0.0483. The lowest BCUT2D eigenvalue weighted by Gasteiger charge is -2.04. The summed E-state index contributed by atoms with van der Waals surface area (Å²) in [5.74, 6) is 0.0550. The van der Waals surface area contributed by atoms with Gasteiger partial charge in [0.2, 0.25) is 0 Å². The van der Waals surface area contributed by atoms with Crippen molar-refractivity contribution in [1.82, 2.24) is 0 Å². The van der Waals surface area contributed by atoms with Gasteiger partial charge in [0.15, 0.2) is 0 Å². The van der Waals surface area contributed by atoms with Gasteiger partial charge in [0.05, 0.1) is 0 Å². The molecule has 0 unspecified atom stereocenters. The average molecular weight is 279 g/mol. The van der Waals surface area contributed by atoms with Crippen LogP contribution in [-0.2, 0) is 0 Å². The fourth-order valence-electron chi connectivity index (χ4n) is 1.29. The van der Waals surface area contributed by atoms with Crippen LogP contribution in [0.1, 0.15) is 12.0 Å². The standard InChI is InChI=1S/C9H5BrF2OS/c10-5-2-1-4-6(13)3-14-8(4)7(5)9(11)12/h1-3,9,13H. The van der Waals surface area contributed by atoms with Gasteiger partial charge in [-0.15, -0.1) is 11.3 Å². The van der Waals surface area contributed by atoms with Crippen LogP contribution in [0.25, 0.3) is 10.1 Å². The molecule has 0 radical (unpaired) electrons. The van der Waals surface area contributed by atoms with Crippen LogP contribution >= 0.6 is 27.3 Å². The van der Waals surface area contributed by atoms with E-state index in [9.17, 15) is 13.9 Å². The first-order valence-electron chi connectivity index (χ1n) is 3.78. The zero-order valence-corrected chi connectivity index (χ0v) is 9.20. The van der Waals surface area contributed by atoms with Gasteiger partial charge in [-0.05, 0) is 12.1 Å². The Hall–Kier alpha value is -0.680. The minimum absolute atomic E-state index is 0.0483. The highest BCUT2D eigenvalue weighted by Crippen LogP contribution is 2.40. The lowest BCUT2D eigenvalue weighted by Crippen LogP contribution is -1.85. The normalized spacial score (nSPS) is 11.4. The number of halogens is 3. The Morgan fingerprint density at radius 3 is 2.71 bits per heavy atom. The number of alkyl halides is 2. The van der Waals surface area contributed by atoms with Gasteiger partial charge in [0.25, 0.3) is 6.43 Å². The van der Waals surface area contributed by atoms with Crippen molar-refractivity contribution in [2.75, 3.05) is 0 Å². The molecule has 0 aliphatic heterocycles. The molecule has 0 saturated carbocycles. The molecular weight excluding hydrogens is 274 g/mol. The average Bonchev–Trinajstić information content (AvgIpc) is 2.47. The Balaban J connectivity index is 2.83. The Morgan fingerprint density at radius 1 is 1.36 bits per heavy atom. The maximum absolute atomic E-state index is 12.7. The molecule has 2 aromatic rings. The van der Waals surface area contributed by atoms with Crippen molar-refractivity contribution in [2.45, 2.75) is 6.43 Å². The number of fused-ring (bicyclic) bond motifs is 1. The first kappa shape index (κ1) is 9.86. The fraction of sp³-hybridized carbons (Fsp3) is 0.111.